The van der Waals surface area contributed by atoms with Gasteiger partial charge in [0.25, 0.3) is 5.91 Å². The van der Waals surface area contributed by atoms with Gasteiger partial charge in [0.05, 0.1) is 23.6 Å². The monoisotopic (exact) mass is 418 g/mol. The van der Waals surface area contributed by atoms with Crippen molar-refractivity contribution in [1.82, 2.24) is 0 Å². The molecule has 1 aromatic heterocycles. The number of quaternary nitrogens is 1. The maximum absolute atomic E-state index is 12.7. The van der Waals surface area contributed by atoms with E-state index in [2.05, 4.69) is 35.7 Å². The third kappa shape index (κ3) is 4.38. The van der Waals surface area contributed by atoms with Crippen LogP contribution in [0.5, 0.6) is 5.75 Å². The molecule has 0 saturated carbocycles. The van der Waals surface area contributed by atoms with Crippen molar-refractivity contribution in [2.75, 3.05) is 18.5 Å². The fraction of sp³-hybridized carbons (Fsp3) is 0.250. The fourth-order valence-corrected chi connectivity index (χ4v) is 5.09. The minimum atomic E-state index is -0.207. The number of hydrogen-bond acceptors (Lipinski definition) is 4. The molecule has 152 valence electrons. The lowest BCUT2D eigenvalue weighted by Crippen LogP contribution is -3.10. The summed E-state index contributed by atoms with van der Waals surface area (Å²) in [5.41, 5.74) is 3.58. The van der Waals surface area contributed by atoms with E-state index in [0.717, 1.165) is 37.4 Å². The largest absolute Gasteiger partial charge is 0.494 e. The molecule has 5 nitrogen and oxygen atoms in total. The number of carbonyl (C=O) groups excluding carboxylic acids is 1. The number of hydrogen-bond donors (Lipinski definition) is 2. The van der Waals surface area contributed by atoms with Gasteiger partial charge >= 0.3 is 0 Å². The molecule has 2 heterocycles. The number of nitrogens with zero attached hydrogens (tertiary/aromatic N) is 1. The molecule has 1 unspecified atom stereocenters. The van der Waals surface area contributed by atoms with Crippen LogP contribution in [0, 0.1) is 11.3 Å². The second kappa shape index (κ2) is 9.12. The van der Waals surface area contributed by atoms with E-state index in [1.165, 1.54) is 26.7 Å². The van der Waals surface area contributed by atoms with Crippen LogP contribution in [-0.4, -0.2) is 19.1 Å². The third-order valence-corrected chi connectivity index (χ3v) is 6.44. The molecule has 0 saturated heterocycles. The molecular weight excluding hydrogens is 394 g/mol. The standard InChI is InChI=1S/C24H23N3O2S/c1-2-29-19-10-8-18(9-11-19)23(28)26-24-21(14-25)20-12-13-27(16-22(20)30-24)15-17-6-4-3-5-7-17/h3-11H,2,12-13,15-16H2,1H3,(H,26,28)/p+1. The first kappa shape index (κ1) is 20.1. The van der Waals surface area contributed by atoms with E-state index in [1.54, 1.807) is 24.3 Å². The molecule has 0 fully saturated rings. The number of nitrogens with one attached hydrogen (secondary N) is 2. The Morgan fingerprint density at radius 1 is 1.20 bits per heavy atom. The van der Waals surface area contributed by atoms with Gasteiger partial charge in [-0.15, -0.1) is 11.3 Å². The maximum atomic E-state index is 12.7. The number of amides is 1. The Kier molecular flexibility index (Phi) is 6.12. The van der Waals surface area contributed by atoms with Crippen molar-refractivity contribution in [3.8, 4) is 11.8 Å². The lowest BCUT2D eigenvalue weighted by atomic mass is 10.0. The quantitative estimate of drug-likeness (QED) is 0.645. The van der Waals surface area contributed by atoms with Crippen LogP contribution in [0.3, 0.4) is 0 Å². The lowest BCUT2D eigenvalue weighted by molar-refractivity contribution is -0.929. The van der Waals surface area contributed by atoms with Gasteiger partial charge in [-0.25, -0.2) is 0 Å². The third-order valence-electron chi connectivity index (χ3n) is 5.29. The van der Waals surface area contributed by atoms with Gasteiger partial charge in [0.2, 0.25) is 0 Å². The zero-order valence-corrected chi connectivity index (χ0v) is 17.7. The Morgan fingerprint density at radius 2 is 1.97 bits per heavy atom. The van der Waals surface area contributed by atoms with Gasteiger partial charge < -0.3 is 15.0 Å². The van der Waals surface area contributed by atoms with Crippen molar-refractivity contribution in [3.05, 3.63) is 81.7 Å². The number of rotatable bonds is 6. The summed E-state index contributed by atoms with van der Waals surface area (Å²) in [5.74, 6) is 0.529. The molecular formula is C24H24N3O2S+. The Hall–Kier alpha value is -3.14. The Balaban J connectivity index is 1.49. The van der Waals surface area contributed by atoms with E-state index in [9.17, 15) is 10.1 Å². The smallest absolute Gasteiger partial charge is 0.256 e. The van der Waals surface area contributed by atoms with Crippen molar-refractivity contribution in [2.45, 2.75) is 26.4 Å². The van der Waals surface area contributed by atoms with Crippen LogP contribution >= 0.6 is 11.3 Å². The number of ether oxygens (including phenoxy) is 1. The molecule has 2 aromatic carbocycles. The summed E-state index contributed by atoms with van der Waals surface area (Å²) >= 11 is 1.54. The first-order chi connectivity index (χ1) is 14.7. The minimum Gasteiger partial charge on any atom is -0.494 e. The van der Waals surface area contributed by atoms with E-state index >= 15 is 0 Å². The number of thiophene rings is 1. The van der Waals surface area contributed by atoms with E-state index in [1.807, 2.05) is 13.0 Å². The van der Waals surface area contributed by atoms with Crippen molar-refractivity contribution in [1.29, 1.82) is 5.26 Å². The zero-order valence-electron chi connectivity index (χ0n) is 16.9. The Labute approximate surface area is 180 Å². The van der Waals surface area contributed by atoms with E-state index < -0.39 is 0 Å². The molecule has 0 radical (unpaired) electrons. The van der Waals surface area contributed by atoms with Gasteiger partial charge in [0.1, 0.15) is 29.9 Å². The predicted molar refractivity (Wildman–Crippen MR) is 118 cm³/mol. The van der Waals surface area contributed by atoms with Crippen molar-refractivity contribution >= 4 is 22.2 Å². The number of benzene rings is 2. The van der Waals surface area contributed by atoms with Crippen molar-refractivity contribution < 1.29 is 14.4 Å². The van der Waals surface area contributed by atoms with Gasteiger partial charge in [0.15, 0.2) is 0 Å². The highest BCUT2D eigenvalue weighted by Crippen LogP contribution is 2.34. The highest BCUT2D eigenvalue weighted by Gasteiger charge is 2.27. The average molecular weight is 419 g/mol. The molecule has 2 N–H and O–H groups in total. The normalized spacial score (nSPS) is 15.1. The first-order valence-electron chi connectivity index (χ1n) is 10.1. The van der Waals surface area contributed by atoms with Gasteiger partial charge in [-0.05, 0) is 36.8 Å². The summed E-state index contributed by atoms with van der Waals surface area (Å²) in [5, 5.41) is 13.3. The average Bonchev–Trinajstić information content (AvgIpc) is 3.11. The van der Waals surface area contributed by atoms with Crippen molar-refractivity contribution in [2.24, 2.45) is 0 Å². The summed E-state index contributed by atoms with van der Waals surface area (Å²) in [6, 6.07) is 19.8. The fourth-order valence-electron chi connectivity index (χ4n) is 3.82. The molecule has 1 aliphatic rings. The Morgan fingerprint density at radius 3 is 2.67 bits per heavy atom. The summed E-state index contributed by atoms with van der Waals surface area (Å²) in [4.78, 5) is 15.4. The second-order valence-electron chi connectivity index (χ2n) is 7.32. The van der Waals surface area contributed by atoms with Gasteiger partial charge in [-0.1, -0.05) is 30.3 Å². The highest BCUT2D eigenvalue weighted by molar-refractivity contribution is 7.16. The van der Waals surface area contributed by atoms with Crippen LogP contribution in [-0.2, 0) is 19.5 Å². The molecule has 30 heavy (non-hydrogen) atoms. The van der Waals surface area contributed by atoms with E-state index in [4.69, 9.17) is 4.74 Å². The zero-order chi connectivity index (χ0) is 20.9. The number of anilines is 1. The lowest BCUT2D eigenvalue weighted by Gasteiger charge is -2.23. The van der Waals surface area contributed by atoms with Crippen LogP contribution in [0.1, 0.15) is 38.8 Å². The molecule has 4 rings (SSSR count). The molecule has 1 amide bonds. The topological polar surface area (TPSA) is 66.6 Å². The molecule has 0 aliphatic carbocycles. The van der Waals surface area contributed by atoms with Crippen LogP contribution in [0.4, 0.5) is 5.00 Å². The second-order valence-corrected chi connectivity index (χ2v) is 8.43. The molecule has 0 spiro atoms. The van der Waals surface area contributed by atoms with Gasteiger partial charge in [0, 0.05) is 17.5 Å². The van der Waals surface area contributed by atoms with Gasteiger partial charge in [-0.3, -0.25) is 4.79 Å². The number of fused-ring (bicyclic) bond motifs is 1. The number of carbonyl (C=O) groups is 1. The molecule has 6 heteroatoms. The summed E-state index contributed by atoms with van der Waals surface area (Å²) < 4.78 is 5.43. The predicted octanol–water partition coefficient (Wildman–Crippen LogP) is 3.41. The summed E-state index contributed by atoms with van der Waals surface area (Å²) in [6.45, 7) is 5.34. The summed E-state index contributed by atoms with van der Waals surface area (Å²) in [6.07, 6.45) is 0.857. The van der Waals surface area contributed by atoms with Crippen LogP contribution in [0.15, 0.2) is 54.6 Å². The molecule has 1 atom stereocenters. The molecule has 0 bridgehead atoms. The first-order valence-corrected chi connectivity index (χ1v) is 11.0. The minimum absolute atomic E-state index is 0.207. The molecule has 1 aliphatic heterocycles. The van der Waals surface area contributed by atoms with E-state index in [-0.39, 0.29) is 5.91 Å². The Bertz CT molecular complexity index is 1070. The highest BCUT2D eigenvalue weighted by atomic mass is 32.1. The van der Waals surface area contributed by atoms with Crippen LogP contribution < -0.4 is 15.0 Å². The SMILES string of the molecule is CCOc1ccc(C(=O)Nc2sc3c(c2C#N)CC[NH+](Cc2ccccc2)C3)cc1. The van der Waals surface area contributed by atoms with Crippen molar-refractivity contribution in [3.63, 3.8) is 0 Å². The van der Waals surface area contributed by atoms with E-state index in [0.29, 0.717) is 22.7 Å². The molecule has 3 aromatic rings. The van der Waals surface area contributed by atoms with Crippen LogP contribution in [0.2, 0.25) is 0 Å². The summed E-state index contributed by atoms with van der Waals surface area (Å²) in [7, 11) is 0. The number of nitriles is 1. The van der Waals surface area contributed by atoms with Crippen LogP contribution in [0.25, 0.3) is 0 Å². The maximum Gasteiger partial charge on any atom is 0.256 e. The van der Waals surface area contributed by atoms with Gasteiger partial charge in [-0.2, -0.15) is 5.26 Å².